The van der Waals surface area contributed by atoms with E-state index in [1.54, 1.807) is 43.1 Å². The van der Waals surface area contributed by atoms with Crippen molar-refractivity contribution >= 4 is 11.9 Å². The first-order valence-corrected chi connectivity index (χ1v) is 7.09. The van der Waals surface area contributed by atoms with Crippen LogP contribution in [0.15, 0.2) is 30.3 Å². The van der Waals surface area contributed by atoms with Gasteiger partial charge in [0, 0.05) is 20.0 Å². The van der Waals surface area contributed by atoms with Crippen molar-refractivity contribution in [1.82, 2.24) is 10.2 Å². The normalized spacial score (nSPS) is 13.5. The van der Waals surface area contributed by atoms with Gasteiger partial charge in [-0.3, -0.25) is 9.59 Å². The summed E-state index contributed by atoms with van der Waals surface area (Å²) in [6, 6.07) is 8.91. The second-order valence-electron chi connectivity index (χ2n) is 5.45. The van der Waals surface area contributed by atoms with E-state index < -0.39 is 11.4 Å². The molecular weight excluding hydrogens is 268 g/mol. The van der Waals surface area contributed by atoms with Crippen LogP contribution in [0.25, 0.3) is 0 Å². The molecule has 0 radical (unpaired) electrons. The number of benzene rings is 1. The SMILES string of the molecule is CNCCCN(C)C(=O)CC(C)(C(=O)O)c1ccccc1. The fraction of sp³-hybridized carbons (Fsp3) is 0.500. The number of carboxylic acid groups (broad SMARTS) is 1. The standard InChI is InChI=1S/C16H24N2O3/c1-16(15(20)21,13-8-5-4-6-9-13)12-14(19)18(3)11-7-10-17-2/h4-6,8-9,17H,7,10-12H2,1-3H3,(H,20,21). The molecular formula is C16H24N2O3. The molecule has 0 heterocycles. The lowest BCUT2D eigenvalue weighted by atomic mass is 9.79. The highest BCUT2D eigenvalue weighted by Gasteiger charge is 2.38. The second-order valence-corrected chi connectivity index (χ2v) is 5.45. The van der Waals surface area contributed by atoms with Gasteiger partial charge in [0.25, 0.3) is 0 Å². The smallest absolute Gasteiger partial charge is 0.314 e. The van der Waals surface area contributed by atoms with Crippen LogP contribution in [0.4, 0.5) is 0 Å². The number of nitrogens with zero attached hydrogens (tertiary/aromatic N) is 1. The maximum Gasteiger partial charge on any atom is 0.314 e. The highest BCUT2D eigenvalue weighted by molar-refractivity contribution is 5.89. The molecule has 0 saturated heterocycles. The van der Waals surface area contributed by atoms with E-state index in [9.17, 15) is 14.7 Å². The molecule has 1 unspecified atom stereocenters. The molecule has 1 aromatic carbocycles. The summed E-state index contributed by atoms with van der Waals surface area (Å²) < 4.78 is 0. The third-order valence-electron chi connectivity index (χ3n) is 3.73. The maximum atomic E-state index is 12.3. The first kappa shape index (κ1) is 17.2. The molecule has 1 amide bonds. The number of carboxylic acids is 1. The quantitative estimate of drug-likeness (QED) is 0.712. The van der Waals surface area contributed by atoms with E-state index in [0.717, 1.165) is 13.0 Å². The molecule has 0 aliphatic rings. The highest BCUT2D eigenvalue weighted by atomic mass is 16.4. The molecule has 0 aromatic heterocycles. The van der Waals surface area contributed by atoms with Crippen LogP contribution in [0.5, 0.6) is 0 Å². The maximum absolute atomic E-state index is 12.3. The van der Waals surface area contributed by atoms with Gasteiger partial charge in [0.1, 0.15) is 0 Å². The van der Waals surface area contributed by atoms with Gasteiger partial charge in [0.15, 0.2) is 0 Å². The molecule has 0 aliphatic carbocycles. The molecule has 1 atom stereocenters. The number of carbonyl (C=O) groups excluding carboxylic acids is 1. The number of nitrogens with one attached hydrogen (secondary N) is 1. The van der Waals surface area contributed by atoms with Crippen LogP contribution in [0.1, 0.15) is 25.3 Å². The van der Waals surface area contributed by atoms with Crippen LogP contribution in [-0.2, 0) is 15.0 Å². The van der Waals surface area contributed by atoms with E-state index in [4.69, 9.17) is 0 Å². The number of hydrogen-bond acceptors (Lipinski definition) is 3. The van der Waals surface area contributed by atoms with Gasteiger partial charge in [0.2, 0.25) is 5.91 Å². The van der Waals surface area contributed by atoms with Crippen molar-refractivity contribution in [2.75, 3.05) is 27.2 Å². The van der Waals surface area contributed by atoms with Crippen molar-refractivity contribution in [3.05, 3.63) is 35.9 Å². The third kappa shape index (κ3) is 4.56. The Hall–Kier alpha value is -1.88. The largest absolute Gasteiger partial charge is 0.481 e. The van der Waals surface area contributed by atoms with Crippen LogP contribution in [-0.4, -0.2) is 49.1 Å². The van der Waals surface area contributed by atoms with Gasteiger partial charge in [-0.15, -0.1) is 0 Å². The summed E-state index contributed by atoms with van der Waals surface area (Å²) in [5.74, 6) is -1.13. The molecule has 0 aliphatic heterocycles. The van der Waals surface area contributed by atoms with Crippen molar-refractivity contribution in [3.63, 3.8) is 0 Å². The minimum atomic E-state index is -1.20. The topological polar surface area (TPSA) is 69.6 Å². The van der Waals surface area contributed by atoms with Crippen LogP contribution in [0.3, 0.4) is 0 Å². The van der Waals surface area contributed by atoms with Crippen molar-refractivity contribution in [2.24, 2.45) is 0 Å². The Bertz CT molecular complexity index is 476. The zero-order valence-electron chi connectivity index (χ0n) is 12.9. The van der Waals surface area contributed by atoms with Gasteiger partial charge in [-0.2, -0.15) is 0 Å². The van der Waals surface area contributed by atoms with Crippen LogP contribution in [0.2, 0.25) is 0 Å². The average Bonchev–Trinajstić information content (AvgIpc) is 2.47. The summed E-state index contributed by atoms with van der Waals surface area (Å²) in [7, 11) is 3.57. The van der Waals surface area contributed by atoms with E-state index in [1.165, 1.54) is 0 Å². The number of carbonyl (C=O) groups is 2. The molecule has 1 aromatic rings. The number of amides is 1. The Labute approximate surface area is 126 Å². The summed E-state index contributed by atoms with van der Waals surface area (Å²) in [4.78, 5) is 25.5. The number of aliphatic carboxylic acids is 1. The Morgan fingerprint density at radius 3 is 2.43 bits per heavy atom. The van der Waals surface area contributed by atoms with Gasteiger partial charge in [-0.25, -0.2) is 0 Å². The lowest BCUT2D eigenvalue weighted by Gasteiger charge is -2.27. The van der Waals surface area contributed by atoms with E-state index in [2.05, 4.69) is 5.32 Å². The van der Waals surface area contributed by atoms with Crippen molar-refractivity contribution in [1.29, 1.82) is 0 Å². The molecule has 0 bridgehead atoms. The summed E-state index contributed by atoms with van der Waals surface area (Å²) >= 11 is 0. The fourth-order valence-corrected chi connectivity index (χ4v) is 2.16. The first-order valence-electron chi connectivity index (χ1n) is 7.09. The van der Waals surface area contributed by atoms with E-state index in [0.29, 0.717) is 12.1 Å². The average molecular weight is 292 g/mol. The van der Waals surface area contributed by atoms with Crippen LogP contribution in [0, 0.1) is 0 Å². The second kappa shape index (κ2) is 7.78. The molecule has 0 saturated carbocycles. The zero-order chi connectivity index (χ0) is 15.9. The van der Waals surface area contributed by atoms with Gasteiger partial charge in [-0.05, 0) is 32.5 Å². The Kier molecular flexibility index (Phi) is 6.37. The molecule has 21 heavy (non-hydrogen) atoms. The summed E-state index contributed by atoms with van der Waals surface area (Å²) in [5.41, 5.74) is -0.551. The summed E-state index contributed by atoms with van der Waals surface area (Å²) in [6.45, 7) is 3.04. The Morgan fingerprint density at radius 1 is 1.29 bits per heavy atom. The molecule has 1 rings (SSSR count). The Balaban J connectivity index is 2.79. The molecule has 5 nitrogen and oxygen atoms in total. The number of rotatable bonds is 8. The molecule has 0 spiro atoms. The minimum Gasteiger partial charge on any atom is -0.481 e. The van der Waals surface area contributed by atoms with Gasteiger partial charge >= 0.3 is 5.97 Å². The lowest BCUT2D eigenvalue weighted by molar-refractivity contribution is -0.147. The first-order chi connectivity index (χ1) is 9.91. The minimum absolute atomic E-state index is 0.0393. The number of hydrogen-bond donors (Lipinski definition) is 2. The van der Waals surface area contributed by atoms with E-state index in [-0.39, 0.29) is 12.3 Å². The molecule has 2 N–H and O–H groups in total. The predicted octanol–water partition coefficient (Wildman–Crippen LogP) is 1.49. The predicted molar refractivity (Wildman–Crippen MR) is 82.2 cm³/mol. The van der Waals surface area contributed by atoms with Gasteiger partial charge in [0.05, 0.1) is 5.41 Å². The van der Waals surface area contributed by atoms with Gasteiger partial charge < -0.3 is 15.3 Å². The molecule has 116 valence electrons. The van der Waals surface area contributed by atoms with Crippen LogP contribution < -0.4 is 5.32 Å². The van der Waals surface area contributed by atoms with Crippen molar-refractivity contribution < 1.29 is 14.7 Å². The summed E-state index contributed by atoms with van der Waals surface area (Å²) in [6.07, 6.45) is 0.802. The molecule has 0 fully saturated rings. The Morgan fingerprint density at radius 2 is 1.90 bits per heavy atom. The third-order valence-corrected chi connectivity index (χ3v) is 3.73. The molecule has 5 heteroatoms. The van der Waals surface area contributed by atoms with Crippen LogP contribution >= 0.6 is 0 Å². The monoisotopic (exact) mass is 292 g/mol. The van der Waals surface area contributed by atoms with Crippen molar-refractivity contribution in [3.8, 4) is 0 Å². The lowest BCUT2D eigenvalue weighted by Crippen LogP contribution is -2.40. The highest BCUT2D eigenvalue weighted by Crippen LogP contribution is 2.28. The summed E-state index contributed by atoms with van der Waals surface area (Å²) in [5, 5.41) is 12.6. The van der Waals surface area contributed by atoms with E-state index >= 15 is 0 Å². The van der Waals surface area contributed by atoms with Gasteiger partial charge in [-0.1, -0.05) is 30.3 Å². The fourth-order valence-electron chi connectivity index (χ4n) is 2.16. The zero-order valence-corrected chi connectivity index (χ0v) is 12.9. The van der Waals surface area contributed by atoms with E-state index in [1.807, 2.05) is 13.1 Å². The van der Waals surface area contributed by atoms with Crippen molar-refractivity contribution in [2.45, 2.75) is 25.2 Å².